The smallest absolute Gasteiger partial charge is 0.255 e. The number of nitrogens with one attached hydrogen (secondary N) is 3. The van der Waals surface area contributed by atoms with E-state index in [1.807, 2.05) is 13.0 Å². The van der Waals surface area contributed by atoms with E-state index in [9.17, 15) is 9.90 Å². The normalized spacial score (nSPS) is 29.0. The molecule has 25 heavy (non-hydrogen) atoms. The first kappa shape index (κ1) is 17.9. The van der Waals surface area contributed by atoms with Gasteiger partial charge in [0.1, 0.15) is 5.71 Å². The molecule has 1 amide bonds. The van der Waals surface area contributed by atoms with E-state index >= 15 is 0 Å². The molecule has 0 radical (unpaired) electrons. The molecule has 1 aliphatic carbocycles. The Balaban J connectivity index is 1.83. The van der Waals surface area contributed by atoms with Crippen molar-refractivity contribution in [3.8, 4) is 0 Å². The minimum atomic E-state index is -1.03. The predicted molar refractivity (Wildman–Crippen MR) is 98.9 cm³/mol. The van der Waals surface area contributed by atoms with Crippen LogP contribution in [-0.4, -0.2) is 41.0 Å². The Morgan fingerprint density at radius 1 is 1.52 bits per heavy atom. The molecule has 136 valence electrons. The second-order valence-electron chi connectivity index (χ2n) is 7.65. The van der Waals surface area contributed by atoms with Gasteiger partial charge in [0, 0.05) is 24.4 Å². The van der Waals surface area contributed by atoms with Gasteiger partial charge in [0.15, 0.2) is 0 Å². The number of aliphatic hydroxyl groups is 1. The predicted octanol–water partition coefficient (Wildman–Crippen LogP) is 1.36. The zero-order chi connectivity index (χ0) is 18.2. The lowest BCUT2D eigenvalue weighted by atomic mass is 9.81. The summed E-state index contributed by atoms with van der Waals surface area (Å²) in [6, 6.07) is 0. The van der Waals surface area contributed by atoms with Gasteiger partial charge in [-0.05, 0) is 46.6 Å². The topological polar surface area (TPSA) is 85.8 Å². The van der Waals surface area contributed by atoms with E-state index in [0.29, 0.717) is 35.9 Å². The number of allylic oxidation sites excluding steroid dienone is 3. The molecule has 4 N–H and O–H groups in total. The number of carbonyl (C=O) groups is 1. The van der Waals surface area contributed by atoms with Crippen LogP contribution < -0.4 is 16.0 Å². The molecule has 6 heteroatoms. The van der Waals surface area contributed by atoms with Crippen LogP contribution in [-0.2, 0) is 4.79 Å². The van der Waals surface area contributed by atoms with Gasteiger partial charge in [0.25, 0.3) is 5.91 Å². The van der Waals surface area contributed by atoms with Crippen LogP contribution in [0.4, 0.5) is 0 Å². The molecule has 0 spiro atoms. The zero-order valence-electron chi connectivity index (χ0n) is 15.3. The number of amides is 1. The molecule has 1 saturated carbocycles. The molecule has 2 aliphatic heterocycles. The summed E-state index contributed by atoms with van der Waals surface area (Å²) in [5.41, 5.74) is 0.982. The fraction of sp³-hybridized carbons (Fsp3) is 0.579. The molecule has 0 aromatic heterocycles. The molecule has 6 nitrogen and oxygen atoms in total. The lowest BCUT2D eigenvalue weighted by molar-refractivity contribution is -0.122. The van der Waals surface area contributed by atoms with Crippen molar-refractivity contribution in [1.29, 1.82) is 0 Å². The standard InChI is InChI=1S/C19H28N4O2/c1-5-15(13-6-7-13)22-16-12(2)21-10-14(16)17(24)23-19(18(3,4)25)8-9-20-11-19/h5,10,13,20-21,25H,2,6-9,11H2,1,3-4H3,(H,23,24)/b15-5-,22-16+. The Kier molecular flexibility index (Phi) is 4.60. The van der Waals surface area contributed by atoms with Gasteiger partial charge in [-0.2, -0.15) is 0 Å². The van der Waals surface area contributed by atoms with Crippen LogP contribution in [0.15, 0.2) is 40.8 Å². The second-order valence-corrected chi connectivity index (χ2v) is 7.65. The number of carbonyl (C=O) groups excluding carboxylic acids is 1. The van der Waals surface area contributed by atoms with Crippen LogP contribution in [0, 0.1) is 5.92 Å². The average Bonchev–Trinajstić information content (AvgIpc) is 3.15. The van der Waals surface area contributed by atoms with Crippen molar-refractivity contribution in [2.24, 2.45) is 10.9 Å². The molecule has 2 heterocycles. The first-order valence-electron chi connectivity index (χ1n) is 8.94. The van der Waals surface area contributed by atoms with Crippen LogP contribution >= 0.6 is 0 Å². The Morgan fingerprint density at radius 3 is 2.76 bits per heavy atom. The van der Waals surface area contributed by atoms with Crippen LogP contribution in [0.3, 0.4) is 0 Å². The fourth-order valence-electron chi connectivity index (χ4n) is 3.42. The molecule has 2 fully saturated rings. The van der Waals surface area contributed by atoms with Gasteiger partial charge in [0.2, 0.25) is 0 Å². The Morgan fingerprint density at radius 2 is 2.24 bits per heavy atom. The first-order valence-corrected chi connectivity index (χ1v) is 8.94. The summed E-state index contributed by atoms with van der Waals surface area (Å²) in [4.78, 5) is 17.7. The average molecular weight is 344 g/mol. The summed E-state index contributed by atoms with van der Waals surface area (Å²) >= 11 is 0. The summed E-state index contributed by atoms with van der Waals surface area (Å²) in [5.74, 6) is 0.263. The zero-order valence-corrected chi connectivity index (χ0v) is 15.3. The maximum absolute atomic E-state index is 13.0. The Labute approximate surface area is 149 Å². The summed E-state index contributed by atoms with van der Waals surface area (Å²) in [5, 5.41) is 19.9. The third-order valence-electron chi connectivity index (χ3n) is 5.39. The molecule has 1 atom stereocenters. The third kappa shape index (κ3) is 3.41. The lowest BCUT2D eigenvalue weighted by Crippen LogP contribution is -2.63. The van der Waals surface area contributed by atoms with Crippen molar-refractivity contribution in [3.05, 3.63) is 35.8 Å². The molecule has 3 rings (SSSR count). The van der Waals surface area contributed by atoms with Gasteiger partial charge in [-0.25, -0.2) is 0 Å². The summed E-state index contributed by atoms with van der Waals surface area (Å²) < 4.78 is 0. The number of hydrogen-bond acceptors (Lipinski definition) is 5. The van der Waals surface area contributed by atoms with E-state index in [1.165, 1.54) is 0 Å². The SMILES string of the molecule is C=C1NC=C(C(=O)NC2(C(C)(C)O)CCNC2)/C1=N/C(=C\C)C1CC1. The van der Waals surface area contributed by atoms with Crippen molar-refractivity contribution >= 4 is 11.6 Å². The highest BCUT2D eigenvalue weighted by Gasteiger charge is 2.48. The molecule has 0 aromatic rings. The highest BCUT2D eigenvalue weighted by Crippen LogP contribution is 2.38. The van der Waals surface area contributed by atoms with Gasteiger partial charge in [-0.1, -0.05) is 12.7 Å². The molecule has 1 unspecified atom stereocenters. The van der Waals surface area contributed by atoms with Crippen molar-refractivity contribution in [1.82, 2.24) is 16.0 Å². The summed E-state index contributed by atoms with van der Waals surface area (Å²) in [6.45, 7) is 10.7. The Bertz CT molecular complexity index is 672. The summed E-state index contributed by atoms with van der Waals surface area (Å²) in [7, 11) is 0. The fourth-order valence-corrected chi connectivity index (χ4v) is 3.42. The second kappa shape index (κ2) is 6.42. The minimum Gasteiger partial charge on any atom is -0.388 e. The van der Waals surface area contributed by atoms with E-state index < -0.39 is 11.1 Å². The monoisotopic (exact) mass is 344 g/mol. The molecule has 3 aliphatic rings. The number of rotatable bonds is 5. The van der Waals surface area contributed by atoms with Gasteiger partial charge >= 0.3 is 0 Å². The van der Waals surface area contributed by atoms with E-state index in [4.69, 9.17) is 4.99 Å². The summed E-state index contributed by atoms with van der Waals surface area (Å²) in [6.07, 6.45) is 6.63. The van der Waals surface area contributed by atoms with Gasteiger partial charge in [-0.3, -0.25) is 9.79 Å². The molecular formula is C19H28N4O2. The van der Waals surface area contributed by atoms with Crippen LogP contribution in [0.2, 0.25) is 0 Å². The molecule has 0 aromatic carbocycles. The van der Waals surface area contributed by atoms with Gasteiger partial charge in [0.05, 0.1) is 22.4 Å². The molecule has 1 saturated heterocycles. The number of aliphatic imine (C=N–C) groups is 1. The van der Waals surface area contributed by atoms with Gasteiger partial charge < -0.3 is 21.1 Å². The van der Waals surface area contributed by atoms with E-state index in [2.05, 4.69) is 22.5 Å². The van der Waals surface area contributed by atoms with E-state index in [1.54, 1.807) is 20.0 Å². The van der Waals surface area contributed by atoms with Crippen molar-refractivity contribution in [2.75, 3.05) is 13.1 Å². The van der Waals surface area contributed by atoms with Crippen molar-refractivity contribution in [2.45, 2.75) is 51.2 Å². The highest BCUT2D eigenvalue weighted by atomic mass is 16.3. The minimum absolute atomic E-state index is 0.234. The van der Waals surface area contributed by atoms with Crippen LogP contribution in [0.1, 0.15) is 40.0 Å². The Hall–Kier alpha value is -1.92. The third-order valence-corrected chi connectivity index (χ3v) is 5.39. The quantitative estimate of drug-likeness (QED) is 0.607. The number of nitrogens with zero attached hydrogens (tertiary/aromatic N) is 1. The maximum Gasteiger partial charge on any atom is 0.255 e. The van der Waals surface area contributed by atoms with Crippen LogP contribution in [0.25, 0.3) is 0 Å². The molecular weight excluding hydrogens is 316 g/mol. The highest BCUT2D eigenvalue weighted by molar-refractivity contribution is 6.29. The largest absolute Gasteiger partial charge is 0.388 e. The lowest BCUT2D eigenvalue weighted by Gasteiger charge is -2.40. The van der Waals surface area contributed by atoms with E-state index in [0.717, 1.165) is 25.1 Å². The van der Waals surface area contributed by atoms with Crippen molar-refractivity contribution < 1.29 is 9.90 Å². The number of hydrogen-bond donors (Lipinski definition) is 4. The first-order chi connectivity index (χ1) is 11.8. The van der Waals surface area contributed by atoms with Crippen LogP contribution in [0.5, 0.6) is 0 Å². The maximum atomic E-state index is 13.0. The molecule has 0 bridgehead atoms. The van der Waals surface area contributed by atoms with Crippen molar-refractivity contribution in [3.63, 3.8) is 0 Å². The van der Waals surface area contributed by atoms with E-state index in [-0.39, 0.29) is 5.91 Å². The van der Waals surface area contributed by atoms with Gasteiger partial charge in [-0.15, -0.1) is 0 Å².